The quantitative estimate of drug-likeness (QED) is 0.763. The first kappa shape index (κ1) is 15.6. The Labute approximate surface area is 141 Å². The number of nitrogens with zero attached hydrogens (tertiary/aromatic N) is 2. The standard InChI is InChI=1S/C20H16N2O2/c21-13-23-19-8-4-15(5-9-19)17-2-1-3-18(12-17)16-6-10-20(11-7-16)24-14-22/h2,4-11,18H,1,3,12H2. The number of allylic oxidation sites excluding steroid dienone is 2. The molecule has 0 saturated carbocycles. The smallest absolute Gasteiger partial charge is 0.292 e. The van der Waals surface area contributed by atoms with Gasteiger partial charge in [0.25, 0.3) is 12.5 Å². The van der Waals surface area contributed by atoms with Gasteiger partial charge in [0.2, 0.25) is 0 Å². The Morgan fingerprint density at radius 3 is 2.00 bits per heavy atom. The summed E-state index contributed by atoms with van der Waals surface area (Å²) in [6, 6.07) is 15.4. The molecule has 4 heteroatoms. The van der Waals surface area contributed by atoms with Gasteiger partial charge in [-0.15, -0.1) is 10.5 Å². The van der Waals surface area contributed by atoms with E-state index in [1.807, 2.05) is 48.5 Å². The molecule has 0 N–H and O–H groups in total. The normalized spacial score (nSPS) is 16.4. The van der Waals surface area contributed by atoms with E-state index in [1.54, 1.807) is 12.5 Å². The van der Waals surface area contributed by atoms with Crippen LogP contribution in [0.5, 0.6) is 11.5 Å². The van der Waals surface area contributed by atoms with E-state index in [4.69, 9.17) is 20.0 Å². The number of nitriles is 2. The Bertz CT molecular complexity index is 809. The summed E-state index contributed by atoms with van der Waals surface area (Å²) in [6.45, 7) is 0. The monoisotopic (exact) mass is 316 g/mol. The van der Waals surface area contributed by atoms with Gasteiger partial charge in [-0.05, 0) is 66.1 Å². The van der Waals surface area contributed by atoms with E-state index in [0.29, 0.717) is 17.4 Å². The van der Waals surface area contributed by atoms with Gasteiger partial charge >= 0.3 is 0 Å². The first-order chi connectivity index (χ1) is 11.8. The van der Waals surface area contributed by atoms with Gasteiger partial charge in [0.05, 0.1) is 0 Å². The van der Waals surface area contributed by atoms with E-state index < -0.39 is 0 Å². The van der Waals surface area contributed by atoms with Crippen LogP contribution in [0.1, 0.15) is 36.3 Å². The largest absolute Gasteiger partial charge is 0.388 e. The van der Waals surface area contributed by atoms with Crippen LogP contribution in [0, 0.1) is 23.0 Å². The fourth-order valence-electron chi connectivity index (χ4n) is 3.08. The molecule has 24 heavy (non-hydrogen) atoms. The molecule has 0 bridgehead atoms. The van der Waals surface area contributed by atoms with E-state index in [0.717, 1.165) is 24.8 Å². The molecule has 1 aliphatic rings. The molecule has 0 aromatic heterocycles. The molecule has 0 radical (unpaired) electrons. The van der Waals surface area contributed by atoms with Gasteiger partial charge < -0.3 is 9.47 Å². The highest BCUT2D eigenvalue weighted by atomic mass is 16.5. The fourth-order valence-corrected chi connectivity index (χ4v) is 3.08. The Morgan fingerprint density at radius 1 is 0.833 bits per heavy atom. The molecule has 118 valence electrons. The van der Waals surface area contributed by atoms with Gasteiger partial charge in [0, 0.05) is 0 Å². The van der Waals surface area contributed by atoms with Crippen molar-refractivity contribution in [3.05, 3.63) is 65.7 Å². The summed E-state index contributed by atoms with van der Waals surface area (Å²) in [7, 11) is 0. The van der Waals surface area contributed by atoms with Gasteiger partial charge in [-0.3, -0.25) is 0 Å². The minimum atomic E-state index is 0.455. The lowest BCUT2D eigenvalue weighted by atomic mass is 9.81. The van der Waals surface area contributed by atoms with Gasteiger partial charge in [0.15, 0.2) is 0 Å². The van der Waals surface area contributed by atoms with Crippen LogP contribution < -0.4 is 9.47 Å². The molecular formula is C20H16N2O2. The van der Waals surface area contributed by atoms with Crippen molar-refractivity contribution in [1.82, 2.24) is 0 Å². The molecule has 0 heterocycles. The minimum absolute atomic E-state index is 0.455. The van der Waals surface area contributed by atoms with Gasteiger partial charge in [-0.25, -0.2) is 0 Å². The molecule has 1 aliphatic carbocycles. The SMILES string of the molecule is N#COc1ccc(C2=CCCC(c3ccc(OC#N)cc3)C2)cc1. The zero-order valence-corrected chi connectivity index (χ0v) is 13.1. The van der Waals surface area contributed by atoms with Crippen LogP contribution in [-0.4, -0.2) is 0 Å². The molecule has 3 rings (SSSR count). The van der Waals surface area contributed by atoms with Crippen LogP contribution in [0.2, 0.25) is 0 Å². The number of hydrogen-bond donors (Lipinski definition) is 0. The summed E-state index contributed by atoms with van der Waals surface area (Å²) in [5.74, 6) is 1.58. The summed E-state index contributed by atoms with van der Waals surface area (Å²) >= 11 is 0. The molecule has 0 spiro atoms. The molecule has 1 atom stereocenters. The van der Waals surface area contributed by atoms with Crippen LogP contribution in [0.25, 0.3) is 5.57 Å². The van der Waals surface area contributed by atoms with Crippen LogP contribution >= 0.6 is 0 Å². The Kier molecular flexibility index (Phi) is 4.79. The second kappa shape index (κ2) is 7.35. The van der Waals surface area contributed by atoms with Crippen LogP contribution in [0.15, 0.2) is 54.6 Å². The van der Waals surface area contributed by atoms with Crippen molar-refractivity contribution in [2.24, 2.45) is 0 Å². The third-order valence-corrected chi connectivity index (χ3v) is 4.28. The van der Waals surface area contributed by atoms with Crippen LogP contribution in [-0.2, 0) is 0 Å². The molecular weight excluding hydrogens is 300 g/mol. The number of benzene rings is 2. The maximum atomic E-state index is 8.55. The third kappa shape index (κ3) is 3.56. The van der Waals surface area contributed by atoms with Crippen molar-refractivity contribution in [2.75, 3.05) is 0 Å². The highest BCUT2D eigenvalue weighted by Crippen LogP contribution is 2.37. The molecule has 0 fully saturated rings. The highest BCUT2D eigenvalue weighted by Gasteiger charge is 2.18. The maximum Gasteiger partial charge on any atom is 0.292 e. The first-order valence-electron chi connectivity index (χ1n) is 7.81. The number of hydrogen-bond acceptors (Lipinski definition) is 4. The highest BCUT2D eigenvalue weighted by molar-refractivity contribution is 5.67. The lowest BCUT2D eigenvalue weighted by molar-refractivity contribution is 0.506. The number of rotatable bonds is 4. The molecule has 0 aliphatic heterocycles. The molecule has 0 amide bonds. The van der Waals surface area contributed by atoms with Crippen molar-refractivity contribution in [3.8, 4) is 24.0 Å². The Hall–Kier alpha value is -3.24. The van der Waals surface area contributed by atoms with Gasteiger partial charge in [0.1, 0.15) is 11.5 Å². The second-order valence-corrected chi connectivity index (χ2v) is 5.69. The summed E-state index contributed by atoms with van der Waals surface area (Å²) in [6.07, 6.45) is 8.76. The lowest BCUT2D eigenvalue weighted by Crippen LogP contribution is -2.05. The van der Waals surface area contributed by atoms with Crippen LogP contribution in [0.4, 0.5) is 0 Å². The molecule has 1 unspecified atom stereocenters. The first-order valence-corrected chi connectivity index (χ1v) is 7.81. The summed E-state index contributed by atoms with van der Waals surface area (Å²) in [5, 5.41) is 17.1. The van der Waals surface area contributed by atoms with E-state index in [-0.39, 0.29) is 0 Å². The van der Waals surface area contributed by atoms with Crippen molar-refractivity contribution in [2.45, 2.75) is 25.2 Å². The number of ether oxygens (including phenoxy) is 2. The predicted octanol–water partition coefficient (Wildman–Crippen LogP) is 4.76. The van der Waals surface area contributed by atoms with Crippen molar-refractivity contribution in [1.29, 1.82) is 10.5 Å². The maximum absolute atomic E-state index is 8.55. The molecule has 4 nitrogen and oxygen atoms in total. The zero-order chi connectivity index (χ0) is 16.8. The van der Waals surface area contributed by atoms with Gasteiger partial charge in [-0.1, -0.05) is 30.3 Å². The Balaban J connectivity index is 1.73. The zero-order valence-electron chi connectivity index (χ0n) is 13.1. The van der Waals surface area contributed by atoms with Crippen molar-refractivity contribution < 1.29 is 9.47 Å². The summed E-state index contributed by atoms with van der Waals surface area (Å²) in [4.78, 5) is 0. The molecule has 2 aromatic rings. The van der Waals surface area contributed by atoms with Crippen LogP contribution in [0.3, 0.4) is 0 Å². The Morgan fingerprint density at radius 2 is 1.42 bits per heavy atom. The lowest BCUT2D eigenvalue weighted by Gasteiger charge is -2.23. The van der Waals surface area contributed by atoms with E-state index in [9.17, 15) is 0 Å². The van der Waals surface area contributed by atoms with E-state index in [1.165, 1.54) is 11.1 Å². The summed E-state index contributed by atoms with van der Waals surface area (Å²) < 4.78 is 9.65. The van der Waals surface area contributed by atoms with E-state index in [2.05, 4.69) is 6.08 Å². The average Bonchev–Trinajstić information content (AvgIpc) is 2.64. The topological polar surface area (TPSA) is 66.0 Å². The molecule has 2 aromatic carbocycles. The van der Waals surface area contributed by atoms with Crippen molar-refractivity contribution >= 4 is 5.57 Å². The second-order valence-electron chi connectivity index (χ2n) is 5.69. The summed E-state index contributed by atoms with van der Waals surface area (Å²) in [5.41, 5.74) is 3.73. The minimum Gasteiger partial charge on any atom is -0.388 e. The average molecular weight is 316 g/mol. The molecule has 0 saturated heterocycles. The van der Waals surface area contributed by atoms with Crippen molar-refractivity contribution in [3.63, 3.8) is 0 Å². The third-order valence-electron chi connectivity index (χ3n) is 4.28. The predicted molar refractivity (Wildman–Crippen MR) is 89.9 cm³/mol. The van der Waals surface area contributed by atoms with E-state index >= 15 is 0 Å². The van der Waals surface area contributed by atoms with Gasteiger partial charge in [-0.2, -0.15) is 0 Å². The fraction of sp³-hybridized carbons (Fsp3) is 0.200.